The summed E-state index contributed by atoms with van der Waals surface area (Å²) in [5, 5.41) is 9.31. The first-order valence-corrected chi connectivity index (χ1v) is 8.30. The number of rotatable bonds is 5. The summed E-state index contributed by atoms with van der Waals surface area (Å²) in [4.78, 5) is 4.94. The van der Waals surface area contributed by atoms with Gasteiger partial charge in [-0.2, -0.15) is 0 Å². The maximum atomic E-state index is 9.31. The average Bonchev–Trinajstić information content (AvgIpc) is 2.51. The predicted octanol–water partition coefficient (Wildman–Crippen LogP) is 2.06. The van der Waals surface area contributed by atoms with Crippen molar-refractivity contribution < 1.29 is 5.11 Å². The van der Waals surface area contributed by atoms with Gasteiger partial charge in [0, 0.05) is 44.4 Å². The van der Waals surface area contributed by atoms with Gasteiger partial charge in [0.25, 0.3) is 0 Å². The van der Waals surface area contributed by atoms with E-state index in [9.17, 15) is 5.11 Å². The molecule has 1 aromatic rings. The molecular weight excluding hydrogens is 272 g/mol. The molecule has 0 aromatic heterocycles. The fraction of sp³-hybridized carbons (Fsp3) is 0.579. The van der Waals surface area contributed by atoms with Gasteiger partial charge in [-0.05, 0) is 24.5 Å². The zero-order chi connectivity index (χ0) is 15.8. The van der Waals surface area contributed by atoms with Crippen LogP contribution in [0.15, 0.2) is 30.3 Å². The van der Waals surface area contributed by atoms with Crippen LogP contribution in [0.4, 0.5) is 0 Å². The minimum atomic E-state index is 0.267. The Balaban J connectivity index is 1.87. The monoisotopic (exact) mass is 300 g/mol. The highest BCUT2D eigenvalue weighted by Gasteiger charge is 2.26. The average molecular weight is 300 g/mol. The highest BCUT2D eigenvalue weighted by Crippen LogP contribution is 2.14. The Morgan fingerprint density at radius 3 is 2.68 bits per heavy atom. The van der Waals surface area contributed by atoms with Crippen molar-refractivity contribution in [3.8, 4) is 11.8 Å². The van der Waals surface area contributed by atoms with Gasteiger partial charge >= 0.3 is 0 Å². The molecule has 0 amide bonds. The number of hydrogen-bond acceptors (Lipinski definition) is 3. The molecule has 22 heavy (non-hydrogen) atoms. The van der Waals surface area contributed by atoms with Crippen LogP contribution in [-0.2, 0) is 0 Å². The van der Waals surface area contributed by atoms with Crippen LogP contribution >= 0.6 is 0 Å². The van der Waals surface area contributed by atoms with Gasteiger partial charge in [-0.3, -0.25) is 9.80 Å². The molecule has 1 N–H and O–H groups in total. The molecule has 1 aromatic carbocycles. The summed E-state index contributed by atoms with van der Waals surface area (Å²) in [5.74, 6) is 7.18. The van der Waals surface area contributed by atoms with Crippen LogP contribution in [0.25, 0.3) is 0 Å². The third kappa shape index (κ3) is 5.46. The minimum absolute atomic E-state index is 0.267. The summed E-state index contributed by atoms with van der Waals surface area (Å²) in [6.45, 7) is 9.87. The largest absolute Gasteiger partial charge is 0.396 e. The number of hydrogen-bond donors (Lipinski definition) is 1. The van der Waals surface area contributed by atoms with E-state index in [1.165, 1.54) is 0 Å². The number of benzene rings is 1. The van der Waals surface area contributed by atoms with E-state index in [1.807, 2.05) is 30.3 Å². The molecule has 0 spiro atoms. The molecule has 1 atom stereocenters. The lowest BCUT2D eigenvalue weighted by atomic mass is 10.1. The van der Waals surface area contributed by atoms with Crippen LogP contribution in [0, 0.1) is 17.8 Å². The van der Waals surface area contributed by atoms with Gasteiger partial charge in [-0.15, -0.1) is 0 Å². The van der Waals surface area contributed by atoms with Crippen LogP contribution in [0.1, 0.15) is 25.8 Å². The number of nitrogens with zero attached hydrogens (tertiary/aromatic N) is 2. The van der Waals surface area contributed by atoms with Gasteiger partial charge in [0.1, 0.15) is 0 Å². The number of piperazine rings is 1. The summed E-state index contributed by atoms with van der Waals surface area (Å²) < 4.78 is 0. The van der Waals surface area contributed by atoms with Gasteiger partial charge in [-0.1, -0.05) is 43.9 Å². The SMILES string of the molecule is CC(C)CN1CCN(CC#Cc2ccccc2)C[C@H]1CCO. The predicted molar refractivity (Wildman–Crippen MR) is 91.7 cm³/mol. The Morgan fingerprint density at radius 2 is 2.00 bits per heavy atom. The fourth-order valence-corrected chi connectivity index (χ4v) is 3.01. The highest BCUT2D eigenvalue weighted by molar-refractivity contribution is 5.33. The van der Waals surface area contributed by atoms with Crippen LogP contribution < -0.4 is 0 Å². The van der Waals surface area contributed by atoms with E-state index in [4.69, 9.17) is 0 Å². The van der Waals surface area contributed by atoms with Crippen LogP contribution in [0.3, 0.4) is 0 Å². The molecule has 1 saturated heterocycles. The molecule has 0 bridgehead atoms. The summed E-state index contributed by atoms with van der Waals surface area (Å²) in [7, 11) is 0. The second-order valence-corrected chi connectivity index (χ2v) is 6.46. The molecule has 1 aliphatic rings. The van der Waals surface area contributed by atoms with Crippen molar-refractivity contribution in [1.29, 1.82) is 0 Å². The zero-order valence-electron chi connectivity index (χ0n) is 13.8. The molecule has 3 nitrogen and oxygen atoms in total. The highest BCUT2D eigenvalue weighted by atomic mass is 16.3. The van der Waals surface area contributed by atoms with Gasteiger partial charge in [0.15, 0.2) is 0 Å². The minimum Gasteiger partial charge on any atom is -0.396 e. The zero-order valence-corrected chi connectivity index (χ0v) is 13.8. The van der Waals surface area contributed by atoms with Crippen LogP contribution in [0.5, 0.6) is 0 Å². The Hall–Kier alpha value is -1.34. The van der Waals surface area contributed by atoms with E-state index in [2.05, 4.69) is 35.5 Å². The molecule has 2 rings (SSSR count). The van der Waals surface area contributed by atoms with Crippen molar-refractivity contribution in [1.82, 2.24) is 9.80 Å². The van der Waals surface area contributed by atoms with E-state index < -0.39 is 0 Å². The maximum Gasteiger partial charge on any atom is 0.0606 e. The third-order valence-electron chi connectivity index (χ3n) is 4.06. The van der Waals surface area contributed by atoms with E-state index >= 15 is 0 Å². The van der Waals surface area contributed by atoms with Crippen LogP contribution in [0.2, 0.25) is 0 Å². The first kappa shape index (κ1) is 17.0. The third-order valence-corrected chi connectivity index (χ3v) is 4.06. The van der Waals surface area contributed by atoms with Crippen molar-refractivity contribution >= 4 is 0 Å². The lowest BCUT2D eigenvalue weighted by molar-refractivity contribution is 0.0578. The Bertz CT molecular complexity index is 489. The van der Waals surface area contributed by atoms with Crippen molar-refractivity contribution in [2.45, 2.75) is 26.3 Å². The summed E-state index contributed by atoms with van der Waals surface area (Å²) in [6, 6.07) is 10.6. The quantitative estimate of drug-likeness (QED) is 0.843. The van der Waals surface area contributed by atoms with Gasteiger partial charge in [0.2, 0.25) is 0 Å². The molecular formula is C19H28N2O. The summed E-state index contributed by atoms with van der Waals surface area (Å²) in [5.41, 5.74) is 1.08. The second kappa shape index (κ2) is 8.95. The molecule has 0 saturated carbocycles. The molecule has 1 aliphatic heterocycles. The molecule has 120 valence electrons. The van der Waals surface area contributed by atoms with E-state index in [1.54, 1.807) is 0 Å². The topological polar surface area (TPSA) is 26.7 Å². The fourth-order valence-electron chi connectivity index (χ4n) is 3.01. The molecule has 0 radical (unpaired) electrons. The normalized spacial score (nSPS) is 19.9. The Morgan fingerprint density at radius 1 is 1.23 bits per heavy atom. The van der Waals surface area contributed by atoms with Crippen LogP contribution in [-0.4, -0.2) is 60.3 Å². The summed E-state index contributed by atoms with van der Waals surface area (Å²) in [6.07, 6.45) is 0.856. The first-order valence-electron chi connectivity index (χ1n) is 8.30. The lowest BCUT2D eigenvalue weighted by Gasteiger charge is -2.41. The van der Waals surface area contributed by atoms with Crippen molar-refractivity contribution in [2.24, 2.45) is 5.92 Å². The van der Waals surface area contributed by atoms with Crippen molar-refractivity contribution in [3.05, 3.63) is 35.9 Å². The molecule has 0 unspecified atom stereocenters. The second-order valence-electron chi connectivity index (χ2n) is 6.46. The van der Waals surface area contributed by atoms with Crippen molar-refractivity contribution in [3.63, 3.8) is 0 Å². The molecule has 3 heteroatoms. The Kier molecular flexibility index (Phi) is 6.92. The van der Waals surface area contributed by atoms with E-state index in [-0.39, 0.29) is 6.61 Å². The van der Waals surface area contributed by atoms with Crippen molar-refractivity contribution in [2.75, 3.05) is 39.3 Å². The molecule has 1 heterocycles. The Labute approximate surface area is 134 Å². The number of aliphatic hydroxyl groups excluding tert-OH is 1. The standard InChI is InChI=1S/C19H28N2O/c1-17(2)15-21-13-12-20(16-19(21)10-14-22)11-6-9-18-7-4-3-5-8-18/h3-5,7-8,17,19,22H,10-16H2,1-2H3/t19-/m1/s1. The molecule has 0 aliphatic carbocycles. The van der Waals surface area contributed by atoms with E-state index in [0.717, 1.165) is 44.7 Å². The summed E-state index contributed by atoms with van der Waals surface area (Å²) >= 11 is 0. The van der Waals surface area contributed by atoms with Gasteiger partial charge in [0.05, 0.1) is 6.54 Å². The maximum absolute atomic E-state index is 9.31. The smallest absolute Gasteiger partial charge is 0.0606 e. The van der Waals surface area contributed by atoms with Gasteiger partial charge in [-0.25, -0.2) is 0 Å². The van der Waals surface area contributed by atoms with Gasteiger partial charge < -0.3 is 5.11 Å². The lowest BCUT2D eigenvalue weighted by Crippen LogP contribution is -2.54. The number of aliphatic hydroxyl groups is 1. The van der Waals surface area contributed by atoms with E-state index in [0.29, 0.717) is 12.0 Å². The molecule has 1 fully saturated rings. The first-order chi connectivity index (χ1) is 10.7.